The number of halogens is 3. The number of benzene rings is 1. The first-order valence-electron chi connectivity index (χ1n) is 4.65. The minimum atomic E-state index is -4.76. The maximum absolute atomic E-state index is 12.2. The lowest BCUT2D eigenvalue weighted by Crippen LogP contribution is -2.21. The minimum absolute atomic E-state index is 0.0592. The Kier molecular flexibility index (Phi) is 4.90. The Morgan fingerprint density at radius 3 is 2.67 bits per heavy atom. The van der Waals surface area contributed by atoms with Gasteiger partial charge in [0.15, 0.2) is 0 Å². The Hall–Kier alpha value is -1.36. The van der Waals surface area contributed by atoms with Crippen LogP contribution >= 0.6 is 11.6 Å². The van der Waals surface area contributed by atoms with Crippen molar-refractivity contribution in [1.29, 1.82) is 0 Å². The van der Waals surface area contributed by atoms with Gasteiger partial charge < -0.3 is 5.73 Å². The van der Waals surface area contributed by atoms with Gasteiger partial charge in [0.05, 0.1) is 12.2 Å². The summed E-state index contributed by atoms with van der Waals surface area (Å²) in [6, 6.07) is 4.07. The molecule has 1 rings (SSSR count). The zero-order chi connectivity index (χ0) is 13.8. The fourth-order valence-corrected chi connectivity index (χ4v) is 1.79. The molecule has 0 fully saturated rings. The van der Waals surface area contributed by atoms with Crippen molar-refractivity contribution < 1.29 is 17.2 Å². The molecule has 0 aliphatic rings. The average Bonchev–Trinajstić information content (AvgIpc) is 2.27. The maximum atomic E-state index is 12.2. The van der Waals surface area contributed by atoms with Crippen LogP contribution in [0.5, 0.6) is 0 Å². The van der Waals surface area contributed by atoms with E-state index in [1.54, 1.807) is 4.72 Å². The van der Waals surface area contributed by atoms with E-state index in [4.69, 9.17) is 17.3 Å². The first kappa shape index (κ1) is 14.7. The molecule has 4 nitrogen and oxygen atoms in total. The van der Waals surface area contributed by atoms with Gasteiger partial charge in [0.2, 0.25) is 0 Å². The number of alkyl halides is 2. The van der Waals surface area contributed by atoms with Crippen molar-refractivity contribution in [2.24, 2.45) is 5.73 Å². The smallest absolute Gasteiger partial charge is 0.320 e. The van der Waals surface area contributed by atoms with Gasteiger partial charge in [-0.25, -0.2) is 8.42 Å². The van der Waals surface area contributed by atoms with Crippen LogP contribution in [0.25, 0.3) is 0 Å². The van der Waals surface area contributed by atoms with Gasteiger partial charge in [0, 0.05) is 10.6 Å². The molecule has 8 heteroatoms. The topological polar surface area (TPSA) is 72.2 Å². The molecule has 0 atom stereocenters. The predicted molar refractivity (Wildman–Crippen MR) is 65.9 cm³/mol. The molecule has 1 aromatic rings. The lowest BCUT2D eigenvalue weighted by Gasteiger charge is -2.09. The van der Waals surface area contributed by atoms with E-state index >= 15 is 0 Å². The Bertz CT molecular complexity index is 594. The molecule has 0 spiro atoms. The van der Waals surface area contributed by atoms with E-state index in [2.05, 4.69) is 11.8 Å². The Morgan fingerprint density at radius 2 is 2.11 bits per heavy atom. The maximum Gasteiger partial charge on any atom is 0.355 e. The van der Waals surface area contributed by atoms with Crippen LogP contribution in [0.15, 0.2) is 18.2 Å². The van der Waals surface area contributed by atoms with Gasteiger partial charge in [-0.05, 0) is 18.2 Å². The molecular formula is C10H9ClF2N2O2S. The fourth-order valence-electron chi connectivity index (χ4n) is 1.05. The van der Waals surface area contributed by atoms with Crippen molar-refractivity contribution in [2.45, 2.75) is 5.76 Å². The van der Waals surface area contributed by atoms with Crippen LogP contribution in [-0.2, 0) is 10.0 Å². The molecule has 0 aliphatic heterocycles. The summed E-state index contributed by atoms with van der Waals surface area (Å²) in [5.74, 6) is 1.51. The lowest BCUT2D eigenvalue weighted by molar-refractivity contribution is 0.236. The molecule has 0 aliphatic carbocycles. The van der Waals surface area contributed by atoms with E-state index in [1.165, 1.54) is 18.2 Å². The second-order valence-corrected chi connectivity index (χ2v) is 5.19. The van der Waals surface area contributed by atoms with Crippen molar-refractivity contribution in [1.82, 2.24) is 0 Å². The number of sulfonamides is 1. The highest BCUT2D eigenvalue weighted by molar-refractivity contribution is 7.93. The van der Waals surface area contributed by atoms with Gasteiger partial charge in [-0.15, -0.1) is 0 Å². The highest BCUT2D eigenvalue weighted by atomic mass is 35.5. The number of rotatable bonds is 3. The van der Waals surface area contributed by atoms with Crippen LogP contribution in [0.4, 0.5) is 14.5 Å². The van der Waals surface area contributed by atoms with Gasteiger partial charge in [-0.1, -0.05) is 23.4 Å². The van der Waals surface area contributed by atoms with E-state index in [-0.39, 0.29) is 22.8 Å². The first-order chi connectivity index (χ1) is 8.36. The molecule has 0 bridgehead atoms. The van der Waals surface area contributed by atoms with Crippen molar-refractivity contribution in [2.75, 3.05) is 11.3 Å². The van der Waals surface area contributed by atoms with Crippen molar-refractivity contribution in [3.05, 3.63) is 28.8 Å². The van der Waals surface area contributed by atoms with Crippen LogP contribution in [0.1, 0.15) is 5.56 Å². The summed E-state index contributed by atoms with van der Waals surface area (Å²) in [6.45, 7) is 0.0592. The molecule has 0 saturated carbocycles. The molecule has 0 amide bonds. The van der Waals surface area contributed by atoms with Crippen molar-refractivity contribution >= 4 is 27.3 Å². The quantitative estimate of drug-likeness (QED) is 0.832. The van der Waals surface area contributed by atoms with Crippen LogP contribution in [-0.4, -0.2) is 20.7 Å². The monoisotopic (exact) mass is 294 g/mol. The molecule has 0 aromatic heterocycles. The molecule has 0 heterocycles. The van der Waals surface area contributed by atoms with Gasteiger partial charge >= 0.3 is 5.76 Å². The second kappa shape index (κ2) is 6.00. The number of hydrogen-bond donors (Lipinski definition) is 2. The first-order valence-corrected chi connectivity index (χ1v) is 6.57. The minimum Gasteiger partial charge on any atom is -0.320 e. The van der Waals surface area contributed by atoms with E-state index in [0.717, 1.165) is 0 Å². The Morgan fingerprint density at radius 1 is 1.44 bits per heavy atom. The van der Waals surface area contributed by atoms with Crippen molar-refractivity contribution in [3.63, 3.8) is 0 Å². The summed E-state index contributed by atoms with van der Waals surface area (Å²) in [4.78, 5) is 0. The zero-order valence-electron chi connectivity index (χ0n) is 8.95. The van der Waals surface area contributed by atoms with Gasteiger partial charge in [-0.2, -0.15) is 8.78 Å². The summed E-state index contributed by atoms with van der Waals surface area (Å²) in [6.07, 6.45) is 0. The highest BCUT2D eigenvalue weighted by Crippen LogP contribution is 2.22. The molecule has 1 aromatic carbocycles. The zero-order valence-corrected chi connectivity index (χ0v) is 10.5. The van der Waals surface area contributed by atoms with Gasteiger partial charge in [-0.3, -0.25) is 4.72 Å². The normalized spacial score (nSPS) is 10.9. The number of nitrogens with one attached hydrogen (secondary N) is 1. The molecule has 18 heavy (non-hydrogen) atoms. The Labute approximate surface area is 108 Å². The fraction of sp³-hybridized carbons (Fsp3) is 0.200. The standard InChI is InChI=1S/C10H9ClF2N2O2S/c11-8-4-3-7(2-1-5-14)9(6-8)15-18(16,17)10(12)13/h3-4,6,10,15H,5,14H2. The second-order valence-electron chi connectivity index (χ2n) is 3.10. The highest BCUT2D eigenvalue weighted by Gasteiger charge is 2.24. The molecule has 98 valence electrons. The predicted octanol–water partition coefficient (Wildman–Crippen LogP) is 1.61. The summed E-state index contributed by atoms with van der Waals surface area (Å²) in [5, 5.41) is 0.195. The largest absolute Gasteiger partial charge is 0.355 e. The van der Waals surface area contributed by atoms with E-state index in [9.17, 15) is 17.2 Å². The number of nitrogens with two attached hydrogens (primary N) is 1. The molecule has 0 radical (unpaired) electrons. The van der Waals surface area contributed by atoms with E-state index < -0.39 is 15.8 Å². The number of anilines is 1. The molecule has 0 saturated heterocycles. The summed E-state index contributed by atoms with van der Waals surface area (Å²) >= 11 is 5.66. The summed E-state index contributed by atoms with van der Waals surface area (Å²) in [5.41, 5.74) is 5.28. The van der Waals surface area contributed by atoms with E-state index in [1.807, 2.05) is 0 Å². The Balaban J connectivity index is 3.18. The van der Waals surface area contributed by atoms with E-state index in [0.29, 0.717) is 0 Å². The lowest BCUT2D eigenvalue weighted by atomic mass is 10.2. The number of hydrogen-bond acceptors (Lipinski definition) is 3. The van der Waals surface area contributed by atoms with Gasteiger partial charge in [0.1, 0.15) is 0 Å². The van der Waals surface area contributed by atoms with Crippen LogP contribution in [0, 0.1) is 11.8 Å². The van der Waals surface area contributed by atoms with Crippen LogP contribution < -0.4 is 10.5 Å². The third-order valence-corrected chi connectivity index (χ3v) is 3.00. The average molecular weight is 295 g/mol. The third-order valence-electron chi connectivity index (χ3n) is 1.79. The van der Waals surface area contributed by atoms with Crippen LogP contribution in [0.3, 0.4) is 0 Å². The summed E-state index contributed by atoms with van der Waals surface area (Å²) in [7, 11) is -4.76. The van der Waals surface area contributed by atoms with Crippen molar-refractivity contribution in [3.8, 4) is 11.8 Å². The third kappa shape index (κ3) is 3.84. The van der Waals surface area contributed by atoms with Crippen LogP contribution in [0.2, 0.25) is 5.02 Å². The summed E-state index contributed by atoms with van der Waals surface area (Å²) < 4.78 is 48.3. The van der Waals surface area contributed by atoms with Gasteiger partial charge in [0.25, 0.3) is 10.0 Å². The molecule has 0 unspecified atom stereocenters. The SMILES string of the molecule is NCC#Cc1ccc(Cl)cc1NS(=O)(=O)C(F)F. The molecule has 3 N–H and O–H groups in total. The molecular weight excluding hydrogens is 286 g/mol.